The number of carbonyl (C=O) groups excluding carboxylic acids is 1. The second kappa shape index (κ2) is 9.78. The van der Waals surface area contributed by atoms with E-state index in [0.29, 0.717) is 44.0 Å². The largest absolute Gasteiger partial charge is 0.496 e. The normalized spacial score (nSPS) is 11.6. The van der Waals surface area contributed by atoms with E-state index in [-0.39, 0.29) is 18.2 Å². The van der Waals surface area contributed by atoms with Crippen molar-refractivity contribution in [1.29, 1.82) is 0 Å². The predicted molar refractivity (Wildman–Crippen MR) is 124 cm³/mol. The topological polar surface area (TPSA) is 119 Å². The number of amides is 1. The summed E-state index contributed by atoms with van der Waals surface area (Å²) < 4.78 is 11.2. The lowest BCUT2D eigenvalue weighted by molar-refractivity contribution is 0.0997. The summed E-state index contributed by atoms with van der Waals surface area (Å²) in [5.74, 6) is 0.665. The van der Waals surface area contributed by atoms with Crippen LogP contribution in [0.3, 0.4) is 0 Å². The number of nitrogens with zero attached hydrogens (tertiary/aromatic N) is 1. The van der Waals surface area contributed by atoms with Crippen LogP contribution in [-0.4, -0.2) is 40.9 Å². The summed E-state index contributed by atoms with van der Waals surface area (Å²) in [6, 6.07) is 9.77. The van der Waals surface area contributed by atoms with Crippen LogP contribution in [0.1, 0.15) is 17.3 Å². The fraction of sp³-hybridized carbons (Fsp3) is 0.190. The lowest BCUT2D eigenvalue weighted by Gasteiger charge is -2.16. The number of fused-ring (bicyclic) bond motifs is 1. The summed E-state index contributed by atoms with van der Waals surface area (Å²) in [7, 11) is 1.46. The van der Waals surface area contributed by atoms with Crippen molar-refractivity contribution in [3.63, 3.8) is 0 Å². The van der Waals surface area contributed by atoms with Crippen molar-refractivity contribution in [3.8, 4) is 17.2 Å². The highest BCUT2D eigenvalue weighted by atomic mass is 35.5. The summed E-state index contributed by atoms with van der Waals surface area (Å²) in [4.78, 5) is 16.1. The Labute approximate surface area is 189 Å². The van der Waals surface area contributed by atoms with Crippen LogP contribution in [0.25, 0.3) is 10.9 Å². The number of aromatic nitrogens is 1. The number of nitrogens with two attached hydrogens (primary N) is 1. The van der Waals surface area contributed by atoms with Crippen molar-refractivity contribution in [2.75, 3.05) is 19.0 Å². The molecular weight excluding hydrogens is 440 g/mol. The van der Waals surface area contributed by atoms with Crippen LogP contribution < -0.4 is 25.8 Å². The van der Waals surface area contributed by atoms with Gasteiger partial charge in [-0.25, -0.2) is 0 Å². The van der Waals surface area contributed by atoms with Gasteiger partial charge in [0.05, 0.1) is 35.5 Å². The van der Waals surface area contributed by atoms with Crippen molar-refractivity contribution >= 4 is 51.4 Å². The van der Waals surface area contributed by atoms with E-state index in [9.17, 15) is 4.79 Å². The molecule has 0 saturated heterocycles. The van der Waals surface area contributed by atoms with E-state index in [2.05, 4.69) is 15.6 Å². The summed E-state index contributed by atoms with van der Waals surface area (Å²) in [5.41, 5.74) is 6.85. The van der Waals surface area contributed by atoms with Gasteiger partial charge in [0, 0.05) is 29.8 Å². The highest BCUT2D eigenvalue weighted by molar-refractivity contribution is 7.80. The number of halogens is 1. The highest BCUT2D eigenvalue weighted by Gasteiger charge is 2.15. The molecule has 0 aliphatic heterocycles. The van der Waals surface area contributed by atoms with Crippen LogP contribution in [0.4, 0.5) is 5.69 Å². The molecular formula is C21H21ClN4O4S. The second-order valence-electron chi connectivity index (χ2n) is 6.67. The number of primary amides is 1. The number of thiocarbonyl (C=S) groups is 1. The standard InChI is InChI=1S/C21H21ClN4O4S/c1-11(10-27)25-21(31)26-16-4-3-12(7-15(16)22)30-18-5-6-24-17-9-19(29-2)14(20(23)28)8-13(17)18/h3-9,11,27H,10H2,1-2H3,(H2,23,28)(H2,25,26,31). The molecule has 0 radical (unpaired) electrons. The van der Waals surface area contributed by atoms with Crippen LogP contribution in [0.15, 0.2) is 42.6 Å². The number of carbonyl (C=O) groups is 1. The molecule has 8 nitrogen and oxygen atoms in total. The van der Waals surface area contributed by atoms with E-state index in [0.717, 1.165) is 0 Å². The number of aliphatic hydroxyl groups excluding tert-OH is 1. The third-order valence-electron chi connectivity index (χ3n) is 4.36. The van der Waals surface area contributed by atoms with Gasteiger partial charge in [-0.15, -0.1) is 0 Å². The molecule has 0 saturated carbocycles. The molecule has 3 rings (SSSR count). The van der Waals surface area contributed by atoms with Gasteiger partial charge < -0.3 is 30.9 Å². The van der Waals surface area contributed by atoms with E-state index in [1.54, 1.807) is 49.5 Å². The minimum atomic E-state index is -0.618. The van der Waals surface area contributed by atoms with Gasteiger partial charge in [0.2, 0.25) is 0 Å². The fourth-order valence-corrected chi connectivity index (χ4v) is 3.34. The molecule has 1 unspecified atom stereocenters. The Hall–Kier alpha value is -3.14. The Bertz CT molecular complexity index is 1140. The Morgan fingerprint density at radius 1 is 1.29 bits per heavy atom. The monoisotopic (exact) mass is 460 g/mol. The number of aliphatic hydroxyl groups is 1. The van der Waals surface area contributed by atoms with E-state index in [4.69, 9.17) is 44.1 Å². The van der Waals surface area contributed by atoms with Crippen molar-refractivity contribution in [2.24, 2.45) is 5.73 Å². The van der Waals surface area contributed by atoms with Crippen molar-refractivity contribution in [1.82, 2.24) is 10.3 Å². The molecule has 10 heteroatoms. The van der Waals surface area contributed by atoms with E-state index in [1.807, 2.05) is 0 Å². The molecule has 1 aromatic heterocycles. The molecule has 0 bridgehead atoms. The van der Waals surface area contributed by atoms with E-state index >= 15 is 0 Å². The SMILES string of the molecule is COc1cc2nccc(Oc3ccc(NC(=S)NC(C)CO)c(Cl)c3)c2cc1C(N)=O. The lowest BCUT2D eigenvalue weighted by atomic mass is 10.1. The average molecular weight is 461 g/mol. The van der Waals surface area contributed by atoms with E-state index in [1.165, 1.54) is 7.11 Å². The van der Waals surface area contributed by atoms with Gasteiger partial charge in [0.15, 0.2) is 5.11 Å². The summed E-state index contributed by atoms with van der Waals surface area (Å²) in [6.45, 7) is 1.75. The van der Waals surface area contributed by atoms with Gasteiger partial charge in [0.1, 0.15) is 17.2 Å². The van der Waals surface area contributed by atoms with Gasteiger partial charge in [-0.1, -0.05) is 11.6 Å². The van der Waals surface area contributed by atoms with Gasteiger partial charge >= 0.3 is 0 Å². The predicted octanol–water partition coefficient (Wildman–Crippen LogP) is 3.46. The first kappa shape index (κ1) is 22.5. The molecule has 0 aliphatic rings. The summed E-state index contributed by atoms with van der Waals surface area (Å²) in [6.07, 6.45) is 1.59. The molecule has 31 heavy (non-hydrogen) atoms. The smallest absolute Gasteiger partial charge is 0.252 e. The molecule has 5 N–H and O–H groups in total. The third-order valence-corrected chi connectivity index (χ3v) is 4.89. The Kier molecular flexibility index (Phi) is 7.11. The summed E-state index contributed by atoms with van der Waals surface area (Å²) in [5, 5.41) is 16.3. The molecule has 0 aliphatic carbocycles. The molecule has 1 atom stereocenters. The minimum absolute atomic E-state index is 0.0500. The van der Waals surface area contributed by atoms with Crippen LogP contribution in [-0.2, 0) is 0 Å². The molecule has 162 valence electrons. The number of pyridine rings is 1. The number of anilines is 1. The Balaban J connectivity index is 1.87. The van der Waals surface area contributed by atoms with Crippen molar-refractivity contribution in [3.05, 3.63) is 53.2 Å². The highest BCUT2D eigenvalue weighted by Crippen LogP contribution is 2.35. The molecule has 0 fully saturated rings. The maximum absolute atomic E-state index is 11.8. The van der Waals surface area contributed by atoms with Gasteiger partial charge in [0.25, 0.3) is 5.91 Å². The molecule has 0 spiro atoms. The number of benzene rings is 2. The first-order valence-electron chi connectivity index (χ1n) is 9.24. The number of hydrogen-bond donors (Lipinski definition) is 4. The quantitative estimate of drug-likeness (QED) is 0.396. The van der Waals surface area contributed by atoms with E-state index < -0.39 is 5.91 Å². The molecule has 1 amide bonds. The van der Waals surface area contributed by atoms with Crippen LogP contribution in [0.5, 0.6) is 17.2 Å². The number of hydrogen-bond acceptors (Lipinski definition) is 6. The van der Waals surface area contributed by atoms with Gasteiger partial charge in [-0.05, 0) is 43.4 Å². The average Bonchev–Trinajstić information content (AvgIpc) is 2.74. The summed E-state index contributed by atoms with van der Waals surface area (Å²) >= 11 is 11.6. The lowest BCUT2D eigenvalue weighted by Crippen LogP contribution is -2.37. The first-order valence-corrected chi connectivity index (χ1v) is 10.0. The zero-order valence-corrected chi connectivity index (χ0v) is 18.4. The zero-order chi connectivity index (χ0) is 22.5. The number of ether oxygens (including phenoxy) is 2. The first-order chi connectivity index (χ1) is 14.8. The van der Waals surface area contributed by atoms with Crippen LogP contribution >= 0.6 is 23.8 Å². The van der Waals surface area contributed by atoms with Crippen LogP contribution in [0, 0.1) is 0 Å². The second-order valence-corrected chi connectivity index (χ2v) is 7.48. The molecule has 3 aromatic rings. The third kappa shape index (κ3) is 5.32. The Morgan fingerprint density at radius 3 is 2.71 bits per heavy atom. The van der Waals surface area contributed by atoms with Gasteiger partial charge in [-0.3, -0.25) is 9.78 Å². The minimum Gasteiger partial charge on any atom is -0.496 e. The zero-order valence-electron chi connectivity index (χ0n) is 16.8. The number of methoxy groups -OCH3 is 1. The molecule has 1 heterocycles. The molecule has 2 aromatic carbocycles. The maximum Gasteiger partial charge on any atom is 0.252 e. The van der Waals surface area contributed by atoms with Crippen LogP contribution in [0.2, 0.25) is 5.02 Å². The van der Waals surface area contributed by atoms with Crippen molar-refractivity contribution < 1.29 is 19.4 Å². The number of nitrogens with one attached hydrogen (secondary N) is 2. The fourth-order valence-electron chi connectivity index (χ4n) is 2.81. The van der Waals surface area contributed by atoms with Crippen molar-refractivity contribution in [2.45, 2.75) is 13.0 Å². The maximum atomic E-state index is 11.8. The Morgan fingerprint density at radius 2 is 2.06 bits per heavy atom. The number of rotatable bonds is 7. The van der Waals surface area contributed by atoms with Gasteiger partial charge in [-0.2, -0.15) is 0 Å².